The van der Waals surface area contributed by atoms with Crippen LogP contribution in [-0.2, 0) is 6.42 Å². The van der Waals surface area contributed by atoms with E-state index < -0.39 is 5.97 Å². The fourth-order valence-corrected chi connectivity index (χ4v) is 1.90. The first-order chi connectivity index (χ1) is 8.52. The van der Waals surface area contributed by atoms with E-state index in [9.17, 15) is 9.59 Å². The molecule has 0 aliphatic carbocycles. The molecule has 0 aromatic carbocycles. The van der Waals surface area contributed by atoms with Crippen LogP contribution in [-0.4, -0.2) is 34.7 Å². The standard InChI is InChI=1S/C11H15N3O3S/c1-3-7(2)13-11(17)12-5-4-9-14-8(6-18-9)10(15)16/h3,6-7H,1,4-5H2,2H3,(H,15,16)(H2,12,13,17). The molecule has 0 saturated carbocycles. The maximum Gasteiger partial charge on any atom is 0.355 e. The average Bonchev–Trinajstić information content (AvgIpc) is 2.77. The van der Waals surface area contributed by atoms with Crippen molar-refractivity contribution in [3.63, 3.8) is 0 Å². The first-order valence-electron chi connectivity index (χ1n) is 5.37. The Morgan fingerprint density at radius 2 is 2.39 bits per heavy atom. The van der Waals surface area contributed by atoms with Crippen LogP contribution in [0, 0.1) is 0 Å². The Balaban J connectivity index is 2.30. The minimum absolute atomic E-state index is 0.0414. The Morgan fingerprint density at radius 3 is 2.94 bits per heavy atom. The van der Waals surface area contributed by atoms with Crippen molar-refractivity contribution in [1.82, 2.24) is 15.6 Å². The second-order valence-electron chi connectivity index (χ2n) is 3.61. The van der Waals surface area contributed by atoms with E-state index in [2.05, 4.69) is 22.2 Å². The number of hydrogen-bond donors (Lipinski definition) is 3. The Morgan fingerprint density at radius 1 is 1.67 bits per heavy atom. The smallest absolute Gasteiger partial charge is 0.355 e. The number of nitrogens with zero attached hydrogens (tertiary/aromatic N) is 1. The number of aromatic carboxylic acids is 1. The molecule has 0 saturated heterocycles. The van der Waals surface area contributed by atoms with Crippen molar-refractivity contribution >= 4 is 23.3 Å². The van der Waals surface area contributed by atoms with Gasteiger partial charge in [0.15, 0.2) is 5.69 Å². The van der Waals surface area contributed by atoms with E-state index in [1.54, 1.807) is 6.08 Å². The van der Waals surface area contributed by atoms with E-state index in [4.69, 9.17) is 5.11 Å². The molecular formula is C11H15N3O3S. The molecule has 1 aromatic heterocycles. The highest BCUT2D eigenvalue weighted by atomic mass is 32.1. The first kappa shape index (κ1) is 14.2. The lowest BCUT2D eigenvalue weighted by atomic mass is 10.3. The van der Waals surface area contributed by atoms with Crippen molar-refractivity contribution in [3.05, 3.63) is 28.7 Å². The molecule has 7 heteroatoms. The predicted molar refractivity (Wildman–Crippen MR) is 69.0 cm³/mol. The number of nitrogens with one attached hydrogen (secondary N) is 2. The number of hydrogen-bond acceptors (Lipinski definition) is 4. The van der Waals surface area contributed by atoms with Crippen LogP contribution in [0.1, 0.15) is 22.4 Å². The van der Waals surface area contributed by atoms with E-state index in [1.165, 1.54) is 16.7 Å². The van der Waals surface area contributed by atoms with Gasteiger partial charge in [0.25, 0.3) is 0 Å². The molecule has 0 aliphatic heterocycles. The topological polar surface area (TPSA) is 91.3 Å². The van der Waals surface area contributed by atoms with Crippen molar-refractivity contribution in [2.24, 2.45) is 0 Å². The summed E-state index contributed by atoms with van der Waals surface area (Å²) in [6.07, 6.45) is 2.13. The highest BCUT2D eigenvalue weighted by Crippen LogP contribution is 2.09. The number of rotatable bonds is 6. The van der Waals surface area contributed by atoms with Gasteiger partial charge in [-0.2, -0.15) is 0 Å². The van der Waals surface area contributed by atoms with E-state index >= 15 is 0 Å². The molecule has 18 heavy (non-hydrogen) atoms. The van der Waals surface area contributed by atoms with Crippen LogP contribution < -0.4 is 10.6 Å². The van der Waals surface area contributed by atoms with Crippen LogP contribution in [0.3, 0.4) is 0 Å². The van der Waals surface area contributed by atoms with E-state index in [0.717, 1.165) is 0 Å². The summed E-state index contributed by atoms with van der Waals surface area (Å²) in [5.41, 5.74) is 0.0414. The van der Waals surface area contributed by atoms with Gasteiger partial charge in [-0.25, -0.2) is 14.6 Å². The third kappa shape index (κ3) is 4.54. The van der Waals surface area contributed by atoms with Gasteiger partial charge in [-0.15, -0.1) is 17.9 Å². The third-order valence-electron chi connectivity index (χ3n) is 2.11. The molecule has 1 heterocycles. The zero-order chi connectivity index (χ0) is 13.5. The summed E-state index contributed by atoms with van der Waals surface area (Å²) in [6.45, 7) is 5.77. The summed E-state index contributed by atoms with van der Waals surface area (Å²) in [5.74, 6) is -1.04. The lowest BCUT2D eigenvalue weighted by molar-refractivity contribution is 0.0691. The molecular weight excluding hydrogens is 254 g/mol. The Labute approximate surface area is 109 Å². The Kier molecular flexibility index (Phi) is 5.31. The van der Waals surface area contributed by atoms with Crippen molar-refractivity contribution in [3.8, 4) is 0 Å². The van der Waals surface area contributed by atoms with Gasteiger partial charge >= 0.3 is 12.0 Å². The minimum Gasteiger partial charge on any atom is -0.476 e. The fourth-order valence-electron chi connectivity index (χ4n) is 1.12. The van der Waals surface area contributed by atoms with Crippen LogP contribution in [0.2, 0.25) is 0 Å². The van der Waals surface area contributed by atoms with E-state index in [0.29, 0.717) is 18.0 Å². The van der Waals surface area contributed by atoms with Crippen molar-refractivity contribution in [2.45, 2.75) is 19.4 Å². The monoisotopic (exact) mass is 269 g/mol. The molecule has 0 fully saturated rings. The molecule has 0 spiro atoms. The summed E-state index contributed by atoms with van der Waals surface area (Å²) in [5, 5.41) is 16.2. The minimum atomic E-state index is -1.04. The highest BCUT2D eigenvalue weighted by Gasteiger charge is 2.09. The van der Waals surface area contributed by atoms with Gasteiger partial charge in [0.05, 0.1) is 5.01 Å². The molecule has 6 nitrogen and oxygen atoms in total. The normalized spacial score (nSPS) is 11.6. The Bertz CT molecular complexity index is 444. The van der Waals surface area contributed by atoms with Crippen LogP contribution in [0.5, 0.6) is 0 Å². The molecule has 98 valence electrons. The molecule has 2 amide bonds. The Hall–Kier alpha value is -1.89. The number of aromatic nitrogens is 1. The zero-order valence-electron chi connectivity index (χ0n) is 9.97. The second kappa shape index (κ2) is 6.75. The largest absolute Gasteiger partial charge is 0.476 e. The molecule has 0 radical (unpaired) electrons. The molecule has 0 bridgehead atoms. The van der Waals surface area contributed by atoms with Crippen molar-refractivity contribution in [2.75, 3.05) is 6.54 Å². The summed E-state index contributed by atoms with van der Waals surface area (Å²) in [4.78, 5) is 25.9. The van der Waals surface area contributed by atoms with Crippen LogP contribution >= 0.6 is 11.3 Å². The predicted octanol–water partition coefficient (Wildman–Crippen LogP) is 1.26. The summed E-state index contributed by atoms with van der Waals surface area (Å²) in [7, 11) is 0. The maximum atomic E-state index is 11.3. The van der Waals surface area contributed by atoms with Gasteiger partial charge < -0.3 is 15.7 Å². The molecule has 1 unspecified atom stereocenters. The lowest BCUT2D eigenvalue weighted by Crippen LogP contribution is -2.40. The molecule has 0 aliphatic rings. The van der Waals surface area contributed by atoms with Gasteiger partial charge in [-0.1, -0.05) is 6.08 Å². The number of carboxylic acids is 1. The van der Waals surface area contributed by atoms with Gasteiger partial charge in [0.2, 0.25) is 0 Å². The van der Waals surface area contributed by atoms with Gasteiger partial charge in [-0.05, 0) is 6.92 Å². The summed E-state index contributed by atoms with van der Waals surface area (Å²) >= 11 is 1.27. The number of carbonyl (C=O) groups is 2. The number of carbonyl (C=O) groups excluding carboxylic acids is 1. The number of urea groups is 1. The van der Waals surface area contributed by atoms with Crippen molar-refractivity contribution < 1.29 is 14.7 Å². The second-order valence-corrected chi connectivity index (χ2v) is 4.55. The summed E-state index contributed by atoms with van der Waals surface area (Å²) in [6, 6.07) is -0.374. The zero-order valence-corrected chi connectivity index (χ0v) is 10.8. The van der Waals surface area contributed by atoms with Gasteiger partial charge in [0, 0.05) is 24.4 Å². The number of carboxylic acid groups (broad SMARTS) is 1. The number of amides is 2. The van der Waals surface area contributed by atoms with E-state index in [-0.39, 0.29) is 17.8 Å². The average molecular weight is 269 g/mol. The first-order valence-corrected chi connectivity index (χ1v) is 6.25. The van der Waals surface area contributed by atoms with Gasteiger partial charge in [-0.3, -0.25) is 0 Å². The maximum absolute atomic E-state index is 11.3. The van der Waals surface area contributed by atoms with Gasteiger partial charge in [0.1, 0.15) is 0 Å². The quantitative estimate of drug-likeness (QED) is 0.678. The SMILES string of the molecule is C=CC(C)NC(=O)NCCc1nc(C(=O)O)cs1. The number of thiazole rings is 1. The van der Waals surface area contributed by atoms with Crippen LogP contribution in [0.4, 0.5) is 4.79 Å². The fraction of sp³-hybridized carbons (Fsp3) is 0.364. The van der Waals surface area contributed by atoms with Crippen LogP contribution in [0.15, 0.2) is 18.0 Å². The summed E-state index contributed by atoms with van der Waals surface area (Å²) < 4.78 is 0. The third-order valence-corrected chi connectivity index (χ3v) is 3.02. The van der Waals surface area contributed by atoms with Crippen LogP contribution in [0.25, 0.3) is 0 Å². The molecule has 3 N–H and O–H groups in total. The molecule has 1 aromatic rings. The molecule has 1 rings (SSSR count). The lowest BCUT2D eigenvalue weighted by Gasteiger charge is -2.09. The van der Waals surface area contributed by atoms with Crippen molar-refractivity contribution in [1.29, 1.82) is 0 Å². The highest BCUT2D eigenvalue weighted by molar-refractivity contribution is 7.09. The van der Waals surface area contributed by atoms with E-state index in [1.807, 2.05) is 6.92 Å². The molecule has 1 atom stereocenters.